The van der Waals surface area contributed by atoms with E-state index >= 15 is 0 Å². The van der Waals surface area contributed by atoms with Crippen LogP contribution in [0.1, 0.15) is 41.4 Å². The average Bonchev–Trinajstić information content (AvgIpc) is 2.47. The van der Waals surface area contributed by atoms with E-state index in [1.807, 2.05) is 19.9 Å². The number of hydrogen-bond donors (Lipinski definition) is 2. The van der Waals surface area contributed by atoms with Crippen molar-refractivity contribution in [2.24, 2.45) is 0 Å². The largest absolute Gasteiger partial charge is 0.384 e. The molecule has 0 aliphatic carbocycles. The van der Waals surface area contributed by atoms with Gasteiger partial charge < -0.3 is 11.1 Å². The number of nitriles is 1. The number of nitrogens with two attached hydrogens (primary N) is 1. The number of anilines is 2. The van der Waals surface area contributed by atoms with E-state index in [0.717, 1.165) is 5.69 Å². The molecule has 1 aromatic heterocycles. The van der Waals surface area contributed by atoms with Crippen LogP contribution in [0.3, 0.4) is 0 Å². The van der Waals surface area contributed by atoms with Gasteiger partial charge in [0.15, 0.2) is 0 Å². The highest BCUT2D eigenvalue weighted by Gasteiger charge is 2.11. The van der Waals surface area contributed by atoms with Gasteiger partial charge in [-0.1, -0.05) is 13.8 Å². The van der Waals surface area contributed by atoms with Crippen molar-refractivity contribution in [1.29, 1.82) is 5.26 Å². The zero-order valence-electron chi connectivity index (χ0n) is 11.9. The summed E-state index contributed by atoms with van der Waals surface area (Å²) in [6, 6.07) is 12.0. The fourth-order valence-corrected chi connectivity index (χ4v) is 1.83. The molecule has 0 radical (unpaired) electrons. The molecule has 3 N–H and O–H groups in total. The first-order valence-corrected chi connectivity index (χ1v) is 6.58. The molecule has 2 aromatic rings. The Kier molecular flexibility index (Phi) is 4.19. The molecule has 0 atom stereocenters. The van der Waals surface area contributed by atoms with Crippen LogP contribution in [-0.2, 0) is 0 Å². The zero-order valence-corrected chi connectivity index (χ0v) is 11.9. The van der Waals surface area contributed by atoms with Crippen LogP contribution in [0.4, 0.5) is 11.5 Å². The molecule has 0 unspecified atom stereocenters. The van der Waals surface area contributed by atoms with E-state index < -0.39 is 0 Å². The summed E-state index contributed by atoms with van der Waals surface area (Å²) in [4.78, 5) is 16.4. The lowest BCUT2D eigenvalue weighted by Gasteiger charge is -2.10. The molecule has 106 valence electrons. The van der Waals surface area contributed by atoms with Crippen LogP contribution in [0.15, 0.2) is 36.4 Å². The summed E-state index contributed by atoms with van der Waals surface area (Å²) in [6.45, 7) is 3.98. The summed E-state index contributed by atoms with van der Waals surface area (Å²) in [5, 5.41) is 11.5. The molecule has 0 saturated heterocycles. The maximum Gasteiger partial charge on any atom is 0.255 e. The summed E-state index contributed by atoms with van der Waals surface area (Å²) in [7, 11) is 0. The van der Waals surface area contributed by atoms with Crippen molar-refractivity contribution in [3.05, 3.63) is 53.2 Å². The molecule has 0 saturated carbocycles. The standard InChI is InChI=1S/C16H16N4O/c1-10(2)14-7-12(8-15(18)20-14)16(21)19-13-5-3-11(9-17)4-6-13/h3-8,10H,1-2H3,(H2,18,20)(H,19,21). The molecule has 21 heavy (non-hydrogen) atoms. The molecule has 0 aliphatic rings. The molecule has 0 fully saturated rings. The Hall–Kier alpha value is -2.87. The van der Waals surface area contributed by atoms with Crippen LogP contribution < -0.4 is 11.1 Å². The lowest BCUT2D eigenvalue weighted by atomic mass is 10.1. The van der Waals surface area contributed by atoms with Crippen molar-refractivity contribution in [3.63, 3.8) is 0 Å². The topological polar surface area (TPSA) is 91.8 Å². The van der Waals surface area contributed by atoms with Gasteiger partial charge in [0, 0.05) is 16.9 Å². The van der Waals surface area contributed by atoms with Gasteiger partial charge in [-0.2, -0.15) is 5.26 Å². The second-order valence-electron chi connectivity index (χ2n) is 5.00. The summed E-state index contributed by atoms with van der Waals surface area (Å²) in [5.74, 6) is 0.261. The van der Waals surface area contributed by atoms with Gasteiger partial charge >= 0.3 is 0 Å². The third kappa shape index (κ3) is 3.57. The molecule has 0 spiro atoms. The molecule has 1 aromatic carbocycles. The molecule has 1 amide bonds. The number of benzene rings is 1. The van der Waals surface area contributed by atoms with Crippen LogP contribution in [0.2, 0.25) is 0 Å². The molecule has 1 heterocycles. The van der Waals surface area contributed by atoms with Crippen LogP contribution in [0.25, 0.3) is 0 Å². The Morgan fingerprint density at radius 3 is 2.52 bits per heavy atom. The Balaban J connectivity index is 2.21. The Bertz CT molecular complexity index is 699. The van der Waals surface area contributed by atoms with E-state index in [4.69, 9.17) is 11.0 Å². The van der Waals surface area contributed by atoms with E-state index in [0.29, 0.717) is 22.6 Å². The van der Waals surface area contributed by atoms with Crippen molar-refractivity contribution in [3.8, 4) is 6.07 Å². The van der Waals surface area contributed by atoms with E-state index in [1.54, 1.807) is 36.4 Å². The van der Waals surface area contributed by atoms with Gasteiger partial charge in [-0.15, -0.1) is 0 Å². The highest BCUT2D eigenvalue weighted by molar-refractivity contribution is 6.04. The highest BCUT2D eigenvalue weighted by Crippen LogP contribution is 2.17. The fraction of sp³-hybridized carbons (Fsp3) is 0.188. The van der Waals surface area contributed by atoms with Crippen molar-refractivity contribution in [1.82, 2.24) is 4.98 Å². The number of aromatic nitrogens is 1. The van der Waals surface area contributed by atoms with Gasteiger partial charge in [0.1, 0.15) is 5.82 Å². The van der Waals surface area contributed by atoms with Crippen molar-refractivity contribution < 1.29 is 4.79 Å². The molecule has 2 rings (SSSR count). The van der Waals surface area contributed by atoms with Gasteiger partial charge in [0.2, 0.25) is 0 Å². The first-order chi connectivity index (χ1) is 9.99. The number of rotatable bonds is 3. The third-order valence-electron chi connectivity index (χ3n) is 2.99. The van der Waals surface area contributed by atoms with Crippen LogP contribution >= 0.6 is 0 Å². The van der Waals surface area contributed by atoms with Crippen molar-refractivity contribution in [2.45, 2.75) is 19.8 Å². The number of nitrogens with one attached hydrogen (secondary N) is 1. The summed E-state index contributed by atoms with van der Waals surface area (Å²) in [5.41, 5.74) is 8.16. The van der Waals surface area contributed by atoms with Gasteiger partial charge in [-0.3, -0.25) is 4.79 Å². The number of hydrogen-bond acceptors (Lipinski definition) is 4. The number of pyridine rings is 1. The minimum atomic E-state index is -0.254. The van der Waals surface area contributed by atoms with Crippen molar-refractivity contribution in [2.75, 3.05) is 11.1 Å². The predicted molar refractivity (Wildman–Crippen MR) is 81.8 cm³/mol. The normalized spacial score (nSPS) is 10.2. The van der Waals surface area contributed by atoms with Crippen LogP contribution in [0.5, 0.6) is 0 Å². The van der Waals surface area contributed by atoms with Crippen molar-refractivity contribution >= 4 is 17.4 Å². The highest BCUT2D eigenvalue weighted by atomic mass is 16.1. The maximum absolute atomic E-state index is 12.2. The second kappa shape index (κ2) is 6.06. The van der Waals surface area contributed by atoms with E-state index in [2.05, 4.69) is 10.3 Å². The van der Waals surface area contributed by atoms with Gasteiger partial charge in [-0.05, 0) is 42.3 Å². The lowest BCUT2D eigenvalue weighted by molar-refractivity contribution is 0.102. The van der Waals surface area contributed by atoms with Crippen LogP contribution in [0, 0.1) is 11.3 Å². The van der Waals surface area contributed by atoms with E-state index in [1.165, 1.54) is 0 Å². The number of nitrogen functional groups attached to an aromatic ring is 1. The SMILES string of the molecule is CC(C)c1cc(C(=O)Nc2ccc(C#N)cc2)cc(N)n1. The lowest BCUT2D eigenvalue weighted by Crippen LogP contribution is -2.13. The second-order valence-corrected chi connectivity index (χ2v) is 5.00. The number of amides is 1. The zero-order chi connectivity index (χ0) is 15.4. The molecule has 5 heteroatoms. The Labute approximate surface area is 123 Å². The Morgan fingerprint density at radius 1 is 1.29 bits per heavy atom. The fourth-order valence-electron chi connectivity index (χ4n) is 1.83. The average molecular weight is 280 g/mol. The van der Waals surface area contributed by atoms with Gasteiger partial charge in [-0.25, -0.2) is 4.98 Å². The molecule has 0 bridgehead atoms. The van der Waals surface area contributed by atoms with Crippen LogP contribution in [-0.4, -0.2) is 10.9 Å². The summed E-state index contributed by atoms with van der Waals surface area (Å²) < 4.78 is 0. The predicted octanol–water partition coefficient (Wildman–Crippen LogP) is 2.91. The molecular weight excluding hydrogens is 264 g/mol. The summed E-state index contributed by atoms with van der Waals surface area (Å²) in [6.07, 6.45) is 0. The third-order valence-corrected chi connectivity index (χ3v) is 2.99. The number of nitrogens with zero attached hydrogens (tertiary/aromatic N) is 2. The first kappa shape index (κ1) is 14.5. The van der Waals surface area contributed by atoms with Gasteiger partial charge in [0.25, 0.3) is 5.91 Å². The number of carbonyl (C=O) groups excluding carboxylic acids is 1. The maximum atomic E-state index is 12.2. The quantitative estimate of drug-likeness (QED) is 0.904. The van der Waals surface area contributed by atoms with E-state index in [-0.39, 0.29) is 11.8 Å². The molecule has 0 aliphatic heterocycles. The minimum Gasteiger partial charge on any atom is -0.384 e. The monoisotopic (exact) mass is 280 g/mol. The van der Waals surface area contributed by atoms with Gasteiger partial charge in [0.05, 0.1) is 11.6 Å². The van der Waals surface area contributed by atoms with E-state index in [9.17, 15) is 4.79 Å². The number of carbonyl (C=O) groups is 1. The molecule has 5 nitrogen and oxygen atoms in total. The molecular formula is C16H16N4O. The Morgan fingerprint density at radius 2 is 1.95 bits per heavy atom. The smallest absolute Gasteiger partial charge is 0.255 e. The first-order valence-electron chi connectivity index (χ1n) is 6.58. The minimum absolute atomic E-state index is 0.190. The summed E-state index contributed by atoms with van der Waals surface area (Å²) >= 11 is 0.